The first kappa shape index (κ1) is 16.4. The zero-order valence-electron chi connectivity index (χ0n) is 15.4. The zero-order valence-corrected chi connectivity index (χ0v) is 15.4. The fraction of sp³-hybridized carbons (Fsp3) is 0.0909. The van der Waals surface area contributed by atoms with Crippen LogP contribution in [-0.2, 0) is 6.54 Å². The number of nitrogens with one attached hydrogen (secondary N) is 1. The molecule has 0 aliphatic heterocycles. The first-order valence-corrected chi connectivity index (χ1v) is 9.14. The molecule has 2 aromatic carbocycles. The van der Waals surface area contributed by atoms with Gasteiger partial charge in [-0.05, 0) is 37.3 Å². The highest BCUT2D eigenvalue weighted by Crippen LogP contribution is 2.24. The van der Waals surface area contributed by atoms with Gasteiger partial charge in [-0.2, -0.15) is 4.52 Å². The molecule has 0 unspecified atom stereocenters. The Labute approximate surface area is 161 Å². The maximum atomic E-state index is 4.82. The Morgan fingerprint density at radius 2 is 1.82 bits per heavy atom. The second-order valence-corrected chi connectivity index (χ2v) is 6.67. The predicted molar refractivity (Wildman–Crippen MR) is 110 cm³/mol. The molecule has 6 heteroatoms. The Bertz CT molecular complexity index is 1280. The first-order valence-electron chi connectivity index (χ1n) is 9.14. The Morgan fingerprint density at radius 1 is 0.929 bits per heavy atom. The van der Waals surface area contributed by atoms with Crippen LogP contribution in [0.2, 0.25) is 0 Å². The van der Waals surface area contributed by atoms with E-state index in [1.165, 1.54) is 5.56 Å². The molecule has 0 fully saturated rings. The van der Waals surface area contributed by atoms with Crippen molar-refractivity contribution in [2.75, 3.05) is 5.32 Å². The molecular weight excluding hydrogens is 348 g/mol. The highest BCUT2D eigenvalue weighted by atomic mass is 15.4. The third-order valence-corrected chi connectivity index (χ3v) is 4.61. The summed E-state index contributed by atoms with van der Waals surface area (Å²) in [6.45, 7) is 2.62. The summed E-state index contributed by atoms with van der Waals surface area (Å²) in [5, 5.41) is 9.08. The van der Waals surface area contributed by atoms with Gasteiger partial charge in [-0.15, -0.1) is 5.10 Å². The van der Waals surface area contributed by atoms with Crippen LogP contribution in [0.3, 0.4) is 0 Å². The summed E-state index contributed by atoms with van der Waals surface area (Å²) in [7, 11) is 0. The molecular formula is C22H18N6. The van der Waals surface area contributed by atoms with E-state index < -0.39 is 0 Å². The van der Waals surface area contributed by atoms with Crippen molar-refractivity contribution >= 4 is 22.5 Å². The molecule has 0 saturated heterocycles. The third kappa shape index (κ3) is 2.95. The summed E-state index contributed by atoms with van der Waals surface area (Å²) in [6, 6.07) is 22.0. The highest BCUT2D eigenvalue weighted by molar-refractivity contribution is 5.92. The van der Waals surface area contributed by atoms with Gasteiger partial charge in [0.25, 0.3) is 0 Å². The lowest BCUT2D eigenvalue weighted by Crippen LogP contribution is -2.08. The predicted octanol–water partition coefficient (Wildman–Crippen LogP) is 4.26. The van der Waals surface area contributed by atoms with Crippen molar-refractivity contribution in [2.24, 2.45) is 0 Å². The lowest BCUT2D eigenvalue weighted by molar-refractivity contribution is 0.910. The summed E-state index contributed by atoms with van der Waals surface area (Å²) in [4.78, 5) is 14.0. The van der Waals surface area contributed by atoms with E-state index in [-0.39, 0.29) is 0 Å². The third-order valence-electron chi connectivity index (χ3n) is 4.61. The Balaban J connectivity index is 1.65. The molecule has 0 saturated carbocycles. The number of para-hydroxylation sites is 1. The smallest absolute Gasteiger partial charge is 0.226 e. The van der Waals surface area contributed by atoms with E-state index in [1.54, 1.807) is 10.7 Å². The molecule has 3 heterocycles. The van der Waals surface area contributed by atoms with E-state index in [2.05, 4.69) is 29.4 Å². The quantitative estimate of drug-likeness (QED) is 0.515. The van der Waals surface area contributed by atoms with Gasteiger partial charge < -0.3 is 5.32 Å². The van der Waals surface area contributed by atoms with E-state index in [0.29, 0.717) is 18.3 Å². The fourth-order valence-corrected chi connectivity index (χ4v) is 3.25. The number of benzene rings is 2. The van der Waals surface area contributed by atoms with Crippen molar-refractivity contribution in [1.82, 2.24) is 24.6 Å². The average Bonchev–Trinajstić information content (AvgIpc) is 3.19. The second kappa shape index (κ2) is 6.74. The number of hydrogen-bond acceptors (Lipinski definition) is 5. The van der Waals surface area contributed by atoms with Crippen LogP contribution in [-0.4, -0.2) is 24.6 Å². The fourth-order valence-electron chi connectivity index (χ4n) is 3.25. The summed E-state index contributed by atoms with van der Waals surface area (Å²) in [6.07, 6.45) is 1.78. The topological polar surface area (TPSA) is 68.0 Å². The largest absolute Gasteiger partial charge is 0.348 e. The van der Waals surface area contributed by atoms with Gasteiger partial charge in [-0.25, -0.2) is 9.97 Å². The van der Waals surface area contributed by atoms with Crippen molar-refractivity contribution in [2.45, 2.75) is 13.5 Å². The minimum atomic E-state index is 0.556. The van der Waals surface area contributed by atoms with E-state index in [4.69, 9.17) is 15.1 Å². The number of hydrogen-bond donors (Lipinski definition) is 1. The Hall–Kier alpha value is -3.80. The van der Waals surface area contributed by atoms with E-state index in [1.807, 2.05) is 54.6 Å². The standard InChI is InChI=1S/C22H18N6/c1-15-7-6-8-16(13-15)20-26-21-18-10-2-3-11-19(18)25-22(28(21)27-20)24-14-17-9-4-5-12-23-17/h2-13H,14H2,1H3,(H,24,25). The Morgan fingerprint density at radius 3 is 2.68 bits per heavy atom. The van der Waals surface area contributed by atoms with Gasteiger partial charge in [-0.1, -0.05) is 42.0 Å². The van der Waals surface area contributed by atoms with Gasteiger partial charge in [0.1, 0.15) is 0 Å². The first-order chi connectivity index (χ1) is 13.8. The SMILES string of the molecule is Cc1cccc(-c2nc3c4ccccc4nc(NCc4ccccn4)n3n2)c1. The van der Waals surface area contributed by atoms with E-state index >= 15 is 0 Å². The van der Waals surface area contributed by atoms with Gasteiger partial charge in [0.05, 0.1) is 17.8 Å². The van der Waals surface area contributed by atoms with Crippen LogP contribution in [0.1, 0.15) is 11.3 Å². The summed E-state index contributed by atoms with van der Waals surface area (Å²) in [5.74, 6) is 1.33. The van der Waals surface area contributed by atoms with Gasteiger partial charge in [0.15, 0.2) is 11.5 Å². The van der Waals surface area contributed by atoms with Gasteiger partial charge in [0.2, 0.25) is 5.95 Å². The van der Waals surface area contributed by atoms with E-state index in [0.717, 1.165) is 27.8 Å². The molecule has 0 amide bonds. The van der Waals surface area contributed by atoms with Gasteiger partial charge in [0, 0.05) is 17.1 Å². The number of fused-ring (bicyclic) bond motifs is 3. The van der Waals surface area contributed by atoms with Crippen LogP contribution in [0.15, 0.2) is 72.9 Å². The number of rotatable bonds is 4. The van der Waals surface area contributed by atoms with Crippen molar-refractivity contribution in [3.63, 3.8) is 0 Å². The van der Waals surface area contributed by atoms with Crippen LogP contribution in [0.5, 0.6) is 0 Å². The minimum Gasteiger partial charge on any atom is -0.348 e. The Kier molecular flexibility index (Phi) is 3.94. The summed E-state index contributed by atoms with van der Waals surface area (Å²) in [5.41, 5.74) is 4.76. The molecule has 28 heavy (non-hydrogen) atoms. The van der Waals surface area contributed by atoms with Crippen LogP contribution < -0.4 is 5.32 Å². The van der Waals surface area contributed by atoms with Gasteiger partial charge >= 0.3 is 0 Å². The molecule has 0 radical (unpaired) electrons. The average molecular weight is 366 g/mol. The summed E-state index contributed by atoms with van der Waals surface area (Å²) < 4.78 is 1.78. The van der Waals surface area contributed by atoms with Crippen LogP contribution in [0.4, 0.5) is 5.95 Å². The number of anilines is 1. The maximum absolute atomic E-state index is 4.82. The molecule has 5 rings (SSSR count). The number of aromatic nitrogens is 5. The molecule has 5 aromatic rings. The van der Waals surface area contributed by atoms with Crippen LogP contribution in [0.25, 0.3) is 27.9 Å². The lowest BCUT2D eigenvalue weighted by atomic mass is 10.1. The monoisotopic (exact) mass is 366 g/mol. The van der Waals surface area contributed by atoms with Crippen LogP contribution >= 0.6 is 0 Å². The molecule has 1 N–H and O–H groups in total. The van der Waals surface area contributed by atoms with Gasteiger partial charge in [-0.3, -0.25) is 4.98 Å². The number of aryl methyl sites for hydroxylation is 1. The molecule has 6 nitrogen and oxygen atoms in total. The van der Waals surface area contributed by atoms with Crippen molar-refractivity contribution in [1.29, 1.82) is 0 Å². The molecule has 0 aliphatic carbocycles. The molecule has 0 bridgehead atoms. The van der Waals surface area contributed by atoms with E-state index in [9.17, 15) is 0 Å². The number of nitrogens with zero attached hydrogens (tertiary/aromatic N) is 5. The number of pyridine rings is 1. The van der Waals surface area contributed by atoms with Crippen molar-refractivity contribution in [3.8, 4) is 11.4 Å². The van der Waals surface area contributed by atoms with Crippen molar-refractivity contribution < 1.29 is 0 Å². The van der Waals surface area contributed by atoms with Crippen molar-refractivity contribution in [3.05, 3.63) is 84.2 Å². The second-order valence-electron chi connectivity index (χ2n) is 6.67. The minimum absolute atomic E-state index is 0.556. The molecule has 0 aliphatic rings. The molecule has 0 spiro atoms. The molecule has 136 valence electrons. The maximum Gasteiger partial charge on any atom is 0.226 e. The molecule has 3 aromatic heterocycles. The van der Waals surface area contributed by atoms with Crippen LogP contribution in [0, 0.1) is 6.92 Å². The highest BCUT2D eigenvalue weighted by Gasteiger charge is 2.14. The zero-order chi connectivity index (χ0) is 18.9. The normalized spacial score (nSPS) is 11.2. The lowest BCUT2D eigenvalue weighted by Gasteiger charge is -2.08. The summed E-state index contributed by atoms with van der Waals surface area (Å²) >= 11 is 0. The molecule has 0 atom stereocenters.